The van der Waals surface area contributed by atoms with Gasteiger partial charge in [0.2, 0.25) is 0 Å². The topological polar surface area (TPSA) is 25.2 Å². The van der Waals surface area contributed by atoms with Crippen molar-refractivity contribution in [3.8, 4) is 0 Å². The van der Waals surface area contributed by atoms with E-state index in [4.69, 9.17) is 0 Å². The summed E-state index contributed by atoms with van der Waals surface area (Å²) in [5.41, 5.74) is 3.52. The van der Waals surface area contributed by atoms with Gasteiger partial charge >= 0.3 is 0 Å². The van der Waals surface area contributed by atoms with E-state index in [1.54, 1.807) is 0 Å². The van der Waals surface area contributed by atoms with Gasteiger partial charge in [0, 0.05) is 42.0 Å². The number of rotatable bonds is 4. The fourth-order valence-electron chi connectivity index (χ4n) is 3.28. The van der Waals surface area contributed by atoms with Crippen molar-refractivity contribution in [2.24, 2.45) is 0 Å². The molecular formula is C16H24N2O. The van der Waals surface area contributed by atoms with Crippen LogP contribution in [0.3, 0.4) is 0 Å². The second-order valence-corrected chi connectivity index (χ2v) is 6.28. The molecule has 1 aromatic rings. The third-order valence-corrected chi connectivity index (χ3v) is 4.80. The normalized spacial score (nSPS) is 20.7. The Morgan fingerprint density at radius 3 is 2.84 bits per heavy atom. The van der Waals surface area contributed by atoms with E-state index in [1.165, 1.54) is 24.2 Å². The number of aryl methyl sites for hydroxylation is 1. The van der Waals surface area contributed by atoms with Gasteiger partial charge in [-0.15, -0.1) is 0 Å². The molecule has 1 fully saturated rings. The van der Waals surface area contributed by atoms with Crippen LogP contribution in [0.1, 0.15) is 54.4 Å². The summed E-state index contributed by atoms with van der Waals surface area (Å²) in [5.74, 6) is 0.339. The van der Waals surface area contributed by atoms with Gasteiger partial charge in [-0.1, -0.05) is 0 Å². The minimum atomic E-state index is 0.339. The van der Waals surface area contributed by atoms with Crippen molar-refractivity contribution in [2.75, 3.05) is 7.05 Å². The third-order valence-electron chi connectivity index (χ3n) is 4.80. The van der Waals surface area contributed by atoms with Crippen molar-refractivity contribution in [2.45, 2.75) is 64.6 Å². The van der Waals surface area contributed by atoms with Crippen molar-refractivity contribution >= 4 is 5.78 Å². The molecule has 19 heavy (non-hydrogen) atoms. The fourth-order valence-corrected chi connectivity index (χ4v) is 3.28. The van der Waals surface area contributed by atoms with E-state index in [2.05, 4.69) is 36.4 Å². The molecule has 0 saturated heterocycles. The molecule has 104 valence electrons. The van der Waals surface area contributed by atoms with E-state index in [1.807, 2.05) is 0 Å². The van der Waals surface area contributed by atoms with Crippen LogP contribution in [0.5, 0.6) is 0 Å². The Labute approximate surface area is 115 Å². The van der Waals surface area contributed by atoms with Crippen LogP contribution in [0.4, 0.5) is 0 Å². The summed E-state index contributed by atoms with van der Waals surface area (Å²) < 4.78 is 2.38. The van der Waals surface area contributed by atoms with Gasteiger partial charge in [-0.25, -0.2) is 0 Å². The number of Topliss-reactive ketones (excluding diaryl/α,β-unsaturated/α-hetero) is 1. The van der Waals surface area contributed by atoms with Crippen LogP contribution >= 0.6 is 0 Å². The van der Waals surface area contributed by atoms with Crippen LogP contribution in [0.2, 0.25) is 0 Å². The number of fused-ring (bicyclic) bond motifs is 1. The van der Waals surface area contributed by atoms with Gasteiger partial charge in [-0.3, -0.25) is 9.69 Å². The molecule has 3 heteroatoms. The molecule has 0 spiro atoms. The monoisotopic (exact) mass is 260 g/mol. The number of aromatic nitrogens is 1. The summed E-state index contributed by atoms with van der Waals surface area (Å²) in [5, 5.41) is 0. The molecule has 1 heterocycles. The van der Waals surface area contributed by atoms with Crippen LogP contribution in [0.25, 0.3) is 0 Å². The molecule has 0 bridgehead atoms. The zero-order valence-electron chi connectivity index (χ0n) is 12.3. The van der Waals surface area contributed by atoms with Gasteiger partial charge in [-0.2, -0.15) is 0 Å². The number of carbonyl (C=O) groups is 1. The summed E-state index contributed by atoms with van der Waals surface area (Å²) in [7, 11) is 2.23. The zero-order chi connectivity index (χ0) is 13.6. The van der Waals surface area contributed by atoms with Crippen molar-refractivity contribution < 1.29 is 4.79 Å². The van der Waals surface area contributed by atoms with Crippen molar-refractivity contribution in [1.29, 1.82) is 0 Å². The van der Waals surface area contributed by atoms with Crippen LogP contribution in [-0.4, -0.2) is 34.4 Å². The highest BCUT2D eigenvalue weighted by Crippen LogP contribution is 2.29. The Morgan fingerprint density at radius 1 is 1.42 bits per heavy atom. The Morgan fingerprint density at radius 2 is 2.16 bits per heavy atom. The summed E-state index contributed by atoms with van der Waals surface area (Å²) in [6, 6.07) is 3.43. The van der Waals surface area contributed by atoms with Gasteiger partial charge in [0.15, 0.2) is 5.78 Å². The standard InChI is InChI=1S/C16H24N2O/c1-11-9-14-15(5-4-6-16(14)19)18(11)10-12(2)17(3)13-7-8-13/h9,12-13H,4-8,10H2,1-3H3. The lowest BCUT2D eigenvalue weighted by atomic mass is 9.96. The third kappa shape index (κ3) is 2.36. The zero-order valence-corrected chi connectivity index (χ0v) is 12.3. The summed E-state index contributed by atoms with van der Waals surface area (Å²) in [4.78, 5) is 14.5. The van der Waals surface area contributed by atoms with E-state index in [0.29, 0.717) is 11.8 Å². The first kappa shape index (κ1) is 12.9. The molecule has 0 aromatic carbocycles. The smallest absolute Gasteiger partial charge is 0.164 e. The van der Waals surface area contributed by atoms with E-state index < -0.39 is 0 Å². The maximum absolute atomic E-state index is 12.0. The molecule has 2 aliphatic rings. The van der Waals surface area contributed by atoms with Gasteiger partial charge in [0.25, 0.3) is 0 Å². The van der Waals surface area contributed by atoms with Gasteiger partial charge in [0.1, 0.15) is 0 Å². The lowest BCUT2D eigenvalue weighted by Gasteiger charge is -2.27. The molecule has 0 N–H and O–H groups in total. The minimum Gasteiger partial charge on any atom is -0.347 e. The highest BCUT2D eigenvalue weighted by Gasteiger charge is 2.30. The summed E-state index contributed by atoms with van der Waals surface area (Å²) >= 11 is 0. The second kappa shape index (κ2) is 4.78. The number of hydrogen-bond acceptors (Lipinski definition) is 2. The van der Waals surface area contributed by atoms with Crippen LogP contribution in [-0.2, 0) is 13.0 Å². The lowest BCUT2D eigenvalue weighted by molar-refractivity contribution is 0.0971. The lowest BCUT2D eigenvalue weighted by Crippen LogP contribution is -2.35. The second-order valence-electron chi connectivity index (χ2n) is 6.28. The molecule has 3 rings (SSSR count). The maximum Gasteiger partial charge on any atom is 0.164 e. The molecule has 0 amide bonds. The van der Waals surface area contributed by atoms with Crippen LogP contribution in [0.15, 0.2) is 6.07 Å². The van der Waals surface area contributed by atoms with E-state index in [0.717, 1.165) is 37.4 Å². The first-order valence-electron chi connectivity index (χ1n) is 7.52. The number of hydrogen-bond donors (Lipinski definition) is 0. The molecule has 1 saturated carbocycles. The summed E-state index contributed by atoms with van der Waals surface area (Å²) in [6.07, 6.45) is 5.51. The van der Waals surface area contributed by atoms with Gasteiger partial charge in [0.05, 0.1) is 0 Å². The fraction of sp³-hybridized carbons (Fsp3) is 0.688. The minimum absolute atomic E-state index is 0.339. The van der Waals surface area contributed by atoms with E-state index in [-0.39, 0.29) is 0 Å². The van der Waals surface area contributed by atoms with E-state index in [9.17, 15) is 4.79 Å². The molecule has 3 nitrogen and oxygen atoms in total. The number of nitrogens with zero attached hydrogens (tertiary/aromatic N) is 2. The van der Waals surface area contributed by atoms with Crippen molar-refractivity contribution in [3.05, 3.63) is 23.0 Å². The molecule has 1 unspecified atom stereocenters. The first-order chi connectivity index (χ1) is 9.08. The van der Waals surface area contributed by atoms with Gasteiger partial charge in [-0.05, 0) is 52.6 Å². The molecule has 2 aliphatic carbocycles. The average Bonchev–Trinajstić information content (AvgIpc) is 3.17. The SMILES string of the molecule is Cc1cc2c(n1CC(C)N(C)C1CC1)CCCC2=O. The predicted octanol–water partition coefficient (Wildman–Crippen LogP) is 2.80. The Hall–Kier alpha value is -1.09. The largest absolute Gasteiger partial charge is 0.347 e. The number of likely N-dealkylation sites (N-methyl/N-ethyl adjacent to an activating group) is 1. The molecule has 1 aromatic heterocycles. The molecular weight excluding hydrogens is 236 g/mol. The Kier molecular flexibility index (Phi) is 3.25. The highest BCUT2D eigenvalue weighted by atomic mass is 16.1. The van der Waals surface area contributed by atoms with Crippen molar-refractivity contribution in [1.82, 2.24) is 9.47 Å². The van der Waals surface area contributed by atoms with Crippen molar-refractivity contribution in [3.63, 3.8) is 0 Å². The molecule has 0 radical (unpaired) electrons. The number of ketones is 1. The van der Waals surface area contributed by atoms with Crippen LogP contribution < -0.4 is 0 Å². The van der Waals surface area contributed by atoms with Crippen LogP contribution in [0, 0.1) is 6.92 Å². The highest BCUT2D eigenvalue weighted by molar-refractivity contribution is 5.98. The molecule has 1 atom stereocenters. The Balaban J connectivity index is 1.82. The first-order valence-corrected chi connectivity index (χ1v) is 7.52. The maximum atomic E-state index is 12.0. The quantitative estimate of drug-likeness (QED) is 0.831. The average molecular weight is 260 g/mol. The van der Waals surface area contributed by atoms with Gasteiger partial charge < -0.3 is 4.57 Å². The van der Waals surface area contributed by atoms with E-state index >= 15 is 0 Å². The Bertz CT molecular complexity index is 499. The predicted molar refractivity (Wildman–Crippen MR) is 76.7 cm³/mol. The number of carbonyl (C=O) groups excluding carboxylic acids is 1. The summed E-state index contributed by atoms with van der Waals surface area (Å²) in [6.45, 7) is 5.45. The molecule has 0 aliphatic heterocycles.